The molecule has 1 saturated heterocycles. The number of nitrogens with two attached hydrogens (primary N) is 1. The van der Waals surface area contributed by atoms with Crippen LogP contribution in [-0.4, -0.2) is 47.4 Å². The summed E-state index contributed by atoms with van der Waals surface area (Å²) in [4.78, 5) is 28.4. The van der Waals surface area contributed by atoms with Crippen molar-refractivity contribution in [1.29, 1.82) is 0 Å². The fraction of sp³-hybridized carbons (Fsp3) is 0.364. The molecule has 0 spiro atoms. The van der Waals surface area contributed by atoms with E-state index in [4.69, 9.17) is 5.73 Å². The van der Waals surface area contributed by atoms with E-state index in [-0.39, 0.29) is 5.56 Å². The van der Waals surface area contributed by atoms with Gasteiger partial charge in [-0.05, 0) is 6.07 Å². The second kappa shape index (κ2) is 5.09. The Bertz CT molecular complexity index is 480. The van der Waals surface area contributed by atoms with E-state index >= 15 is 0 Å². The van der Waals surface area contributed by atoms with Gasteiger partial charge < -0.3 is 16.0 Å². The number of primary amides is 1. The van der Waals surface area contributed by atoms with Gasteiger partial charge in [0.15, 0.2) is 0 Å². The SMILES string of the molecule is NC(=O)C1CNCCN1C(=O)c1cncc(F)c1. The summed E-state index contributed by atoms with van der Waals surface area (Å²) in [6.45, 7) is 1.23. The van der Waals surface area contributed by atoms with Crippen LogP contribution in [-0.2, 0) is 4.79 Å². The summed E-state index contributed by atoms with van der Waals surface area (Å²) >= 11 is 0. The van der Waals surface area contributed by atoms with E-state index < -0.39 is 23.7 Å². The number of nitrogens with one attached hydrogen (secondary N) is 1. The third-order valence-corrected chi connectivity index (χ3v) is 2.78. The summed E-state index contributed by atoms with van der Waals surface area (Å²) in [5.41, 5.74) is 5.35. The summed E-state index contributed by atoms with van der Waals surface area (Å²) in [7, 11) is 0. The van der Waals surface area contributed by atoms with Gasteiger partial charge in [-0.15, -0.1) is 0 Å². The molecule has 1 aliphatic rings. The van der Waals surface area contributed by atoms with Crippen LogP contribution in [0.1, 0.15) is 10.4 Å². The van der Waals surface area contributed by atoms with Crippen LogP contribution in [0.3, 0.4) is 0 Å². The van der Waals surface area contributed by atoms with Crippen LogP contribution < -0.4 is 11.1 Å². The summed E-state index contributed by atoms with van der Waals surface area (Å²) in [6, 6.07) is 0.379. The molecular weight excluding hydrogens is 239 g/mol. The molecule has 0 radical (unpaired) electrons. The molecule has 0 bridgehead atoms. The molecular formula is C11H13FN4O2. The number of pyridine rings is 1. The lowest BCUT2D eigenvalue weighted by atomic mass is 10.1. The Morgan fingerprint density at radius 3 is 2.94 bits per heavy atom. The van der Waals surface area contributed by atoms with Gasteiger partial charge in [0.25, 0.3) is 5.91 Å². The number of rotatable bonds is 2. The summed E-state index contributed by atoms with van der Waals surface area (Å²) in [5.74, 6) is -1.61. The number of nitrogens with zero attached hydrogens (tertiary/aromatic N) is 2. The molecule has 2 heterocycles. The molecule has 7 heteroatoms. The van der Waals surface area contributed by atoms with Crippen LogP contribution in [0.2, 0.25) is 0 Å². The molecule has 2 rings (SSSR count). The van der Waals surface area contributed by atoms with Crippen molar-refractivity contribution < 1.29 is 14.0 Å². The van der Waals surface area contributed by atoms with Gasteiger partial charge in [0.1, 0.15) is 11.9 Å². The van der Waals surface area contributed by atoms with Crippen molar-refractivity contribution >= 4 is 11.8 Å². The van der Waals surface area contributed by atoms with E-state index in [1.54, 1.807) is 0 Å². The topological polar surface area (TPSA) is 88.3 Å². The highest BCUT2D eigenvalue weighted by Crippen LogP contribution is 2.10. The first-order valence-electron chi connectivity index (χ1n) is 5.51. The normalized spacial score (nSPS) is 19.6. The number of carbonyl (C=O) groups excluding carboxylic acids is 2. The minimum absolute atomic E-state index is 0.114. The van der Waals surface area contributed by atoms with Crippen molar-refractivity contribution in [2.75, 3.05) is 19.6 Å². The number of hydrogen-bond donors (Lipinski definition) is 2. The predicted molar refractivity (Wildman–Crippen MR) is 61.1 cm³/mol. The fourth-order valence-electron chi connectivity index (χ4n) is 1.90. The van der Waals surface area contributed by atoms with E-state index in [0.29, 0.717) is 19.6 Å². The average Bonchev–Trinajstić information content (AvgIpc) is 2.38. The van der Waals surface area contributed by atoms with Crippen molar-refractivity contribution in [2.45, 2.75) is 6.04 Å². The van der Waals surface area contributed by atoms with Crippen molar-refractivity contribution in [1.82, 2.24) is 15.2 Å². The number of amides is 2. The molecule has 1 unspecified atom stereocenters. The Kier molecular flexibility index (Phi) is 3.52. The van der Waals surface area contributed by atoms with Gasteiger partial charge in [0, 0.05) is 25.8 Å². The van der Waals surface area contributed by atoms with Crippen molar-refractivity contribution in [2.24, 2.45) is 5.73 Å². The lowest BCUT2D eigenvalue weighted by molar-refractivity contribution is -0.122. The second-order valence-electron chi connectivity index (χ2n) is 4.01. The number of aromatic nitrogens is 1. The second-order valence-corrected chi connectivity index (χ2v) is 4.01. The molecule has 1 fully saturated rings. The fourth-order valence-corrected chi connectivity index (χ4v) is 1.90. The maximum Gasteiger partial charge on any atom is 0.256 e. The molecule has 2 amide bonds. The standard InChI is InChI=1S/C11H13FN4O2/c12-8-3-7(4-15-5-8)11(18)16-2-1-14-6-9(16)10(13)17/h3-5,9,14H,1-2,6H2,(H2,13,17). The highest BCUT2D eigenvalue weighted by Gasteiger charge is 2.31. The zero-order valence-electron chi connectivity index (χ0n) is 9.60. The van der Waals surface area contributed by atoms with Crippen LogP contribution in [0, 0.1) is 5.82 Å². The molecule has 18 heavy (non-hydrogen) atoms. The van der Waals surface area contributed by atoms with Crippen molar-refractivity contribution in [3.05, 3.63) is 29.8 Å². The Morgan fingerprint density at radius 2 is 2.28 bits per heavy atom. The van der Waals surface area contributed by atoms with Gasteiger partial charge in [0.05, 0.1) is 11.8 Å². The molecule has 1 aromatic rings. The molecule has 1 aromatic heterocycles. The summed E-state index contributed by atoms with van der Waals surface area (Å²) < 4.78 is 13.0. The minimum Gasteiger partial charge on any atom is -0.368 e. The van der Waals surface area contributed by atoms with Crippen LogP contribution >= 0.6 is 0 Å². The molecule has 0 saturated carbocycles. The quantitative estimate of drug-likeness (QED) is 0.715. The maximum absolute atomic E-state index is 13.0. The van der Waals surface area contributed by atoms with E-state index in [2.05, 4.69) is 10.3 Å². The first kappa shape index (κ1) is 12.4. The first-order valence-corrected chi connectivity index (χ1v) is 5.51. The zero-order valence-corrected chi connectivity index (χ0v) is 9.60. The Balaban J connectivity index is 2.23. The van der Waals surface area contributed by atoms with E-state index in [1.807, 2.05) is 0 Å². The molecule has 96 valence electrons. The molecule has 0 aromatic carbocycles. The zero-order chi connectivity index (χ0) is 13.1. The molecule has 1 aliphatic heterocycles. The van der Waals surface area contributed by atoms with Gasteiger partial charge in [-0.3, -0.25) is 14.6 Å². The number of piperazine rings is 1. The van der Waals surface area contributed by atoms with Crippen LogP contribution in [0.5, 0.6) is 0 Å². The van der Waals surface area contributed by atoms with Gasteiger partial charge in [-0.1, -0.05) is 0 Å². The molecule has 0 aliphatic carbocycles. The first-order chi connectivity index (χ1) is 8.59. The highest BCUT2D eigenvalue weighted by molar-refractivity contribution is 5.97. The number of halogens is 1. The lowest BCUT2D eigenvalue weighted by Gasteiger charge is -2.34. The number of hydrogen-bond acceptors (Lipinski definition) is 4. The third kappa shape index (κ3) is 2.45. The van der Waals surface area contributed by atoms with Crippen LogP contribution in [0.4, 0.5) is 4.39 Å². The Morgan fingerprint density at radius 1 is 1.50 bits per heavy atom. The molecule has 3 N–H and O–H groups in total. The molecule has 1 atom stereocenters. The smallest absolute Gasteiger partial charge is 0.256 e. The van der Waals surface area contributed by atoms with Gasteiger partial charge >= 0.3 is 0 Å². The van der Waals surface area contributed by atoms with Crippen molar-refractivity contribution in [3.63, 3.8) is 0 Å². The van der Waals surface area contributed by atoms with E-state index in [1.165, 1.54) is 11.1 Å². The van der Waals surface area contributed by atoms with E-state index in [9.17, 15) is 14.0 Å². The summed E-state index contributed by atoms with van der Waals surface area (Å²) in [5, 5.41) is 2.98. The van der Waals surface area contributed by atoms with Crippen molar-refractivity contribution in [3.8, 4) is 0 Å². The van der Waals surface area contributed by atoms with Gasteiger partial charge in [-0.2, -0.15) is 0 Å². The van der Waals surface area contributed by atoms with Crippen LogP contribution in [0.25, 0.3) is 0 Å². The summed E-state index contributed by atoms with van der Waals surface area (Å²) in [6.07, 6.45) is 2.28. The minimum atomic E-state index is -0.713. The predicted octanol–water partition coefficient (Wildman–Crippen LogP) is -0.880. The van der Waals surface area contributed by atoms with E-state index in [0.717, 1.165) is 12.3 Å². The molecule has 6 nitrogen and oxygen atoms in total. The average molecular weight is 252 g/mol. The largest absolute Gasteiger partial charge is 0.368 e. The maximum atomic E-state index is 13.0. The highest BCUT2D eigenvalue weighted by atomic mass is 19.1. The lowest BCUT2D eigenvalue weighted by Crippen LogP contribution is -2.58. The van der Waals surface area contributed by atoms with Crippen LogP contribution in [0.15, 0.2) is 18.5 Å². The Labute approximate surface area is 103 Å². The van der Waals surface area contributed by atoms with Gasteiger partial charge in [0.2, 0.25) is 5.91 Å². The third-order valence-electron chi connectivity index (χ3n) is 2.78. The monoisotopic (exact) mass is 252 g/mol. The Hall–Kier alpha value is -2.02. The number of carbonyl (C=O) groups is 2. The van der Waals surface area contributed by atoms with Gasteiger partial charge in [-0.25, -0.2) is 4.39 Å².